The van der Waals surface area contributed by atoms with Gasteiger partial charge in [-0.3, -0.25) is 14.5 Å². The fraction of sp³-hybridized carbons (Fsp3) is 0.0286. The summed E-state index contributed by atoms with van der Waals surface area (Å²) in [5.41, 5.74) is 7.08. The summed E-state index contributed by atoms with van der Waals surface area (Å²) in [5.74, 6) is -0.717. The third-order valence-corrected chi connectivity index (χ3v) is 7.80. The van der Waals surface area contributed by atoms with E-state index in [1.54, 1.807) is 24.3 Å². The highest BCUT2D eigenvalue weighted by atomic mass is 16.2. The Morgan fingerprint density at radius 1 is 0.659 bits per heavy atom. The number of benzene rings is 5. The monoisotopic (exact) mass is 528 g/mol. The van der Waals surface area contributed by atoms with Crippen LogP contribution < -0.4 is 0 Å². The molecule has 0 spiro atoms. The second-order valence-electron chi connectivity index (χ2n) is 9.89. The maximum Gasteiger partial charge on any atom is 0.263 e. The van der Waals surface area contributed by atoms with E-state index in [1.165, 1.54) is 7.05 Å². The van der Waals surface area contributed by atoms with Crippen LogP contribution in [0.25, 0.3) is 54.6 Å². The number of hydrogen-bond acceptors (Lipinski definition) is 3. The van der Waals surface area contributed by atoms with Gasteiger partial charge in [0.15, 0.2) is 5.69 Å². The van der Waals surface area contributed by atoms with Crippen molar-refractivity contribution in [1.29, 1.82) is 5.26 Å². The van der Waals surface area contributed by atoms with Crippen molar-refractivity contribution in [2.75, 3.05) is 7.05 Å². The second kappa shape index (κ2) is 9.05. The van der Waals surface area contributed by atoms with Crippen LogP contribution in [0.4, 0.5) is 5.69 Å². The van der Waals surface area contributed by atoms with Crippen molar-refractivity contribution in [2.45, 2.75) is 0 Å². The predicted octanol–water partition coefficient (Wildman–Crippen LogP) is 7.77. The van der Waals surface area contributed by atoms with E-state index >= 15 is 0 Å². The van der Waals surface area contributed by atoms with E-state index < -0.39 is 0 Å². The van der Waals surface area contributed by atoms with Gasteiger partial charge >= 0.3 is 0 Å². The Bertz CT molecular complexity index is 2080. The Morgan fingerprint density at radius 3 is 1.90 bits per heavy atom. The third-order valence-electron chi connectivity index (χ3n) is 7.80. The number of amides is 2. The van der Waals surface area contributed by atoms with E-state index in [1.807, 2.05) is 83.4 Å². The van der Waals surface area contributed by atoms with Gasteiger partial charge in [0.2, 0.25) is 0 Å². The number of rotatable bonds is 3. The second-order valence-corrected chi connectivity index (χ2v) is 9.89. The van der Waals surface area contributed by atoms with Gasteiger partial charge in [0.25, 0.3) is 11.8 Å². The minimum Gasteiger partial charge on any atom is -0.307 e. The summed E-state index contributed by atoms with van der Waals surface area (Å²) in [7, 11) is 1.49. The molecule has 0 fully saturated rings. The van der Waals surface area contributed by atoms with Gasteiger partial charge in [0.1, 0.15) is 0 Å². The van der Waals surface area contributed by atoms with E-state index in [0.717, 1.165) is 49.0 Å². The van der Waals surface area contributed by atoms with Crippen LogP contribution in [0.3, 0.4) is 0 Å². The highest BCUT2D eigenvalue weighted by molar-refractivity contribution is 6.24. The lowest BCUT2D eigenvalue weighted by Crippen LogP contribution is -2.24. The number of fused-ring (bicyclic) bond motifs is 4. The number of hydrogen-bond donors (Lipinski definition) is 0. The molecule has 1 aliphatic heterocycles. The Balaban J connectivity index is 1.73. The van der Waals surface area contributed by atoms with Gasteiger partial charge in [0, 0.05) is 28.9 Å². The molecular formula is C35H20N4O2. The molecule has 0 radical (unpaired) electrons. The Labute approximate surface area is 235 Å². The van der Waals surface area contributed by atoms with Gasteiger partial charge in [-0.05, 0) is 29.3 Å². The molecule has 6 nitrogen and oxygen atoms in total. The summed E-state index contributed by atoms with van der Waals surface area (Å²) < 4.78 is 2.04. The number of carbonyl (C=O) groups is 2. The Morgan fingerprint density at radius 2 is 1.22 bits per heavy atom. The molecule has 1 aromatic heterocycles. The molecule has 0 aliphatic carbocycles. The maximum atomic E-state index is 13.5. The Kier molecular flexibility index (Phi) is 5.32. The van der Waals surface area contributed by atoms with Crippen LogP contribution in [0.5, 0.6) is 0 Å². The minimum atomic E-state index is -0.371. The highest BCUT2D eigenvalue weighted by Gasteiger charge is 2.36. The molecule has 0 bridgehead atoms. The van der Waals surface area contributed by atoms with E-state index in [2.05, 4.69) is 10.9 Å². The molecule has 0 N–H and O–H groups in total. The predicted molar refractivity (Wildman–Crippen MR) is 159 cm³/mol. The number of para-hydroxylation sites is 3. The first kappa shape index (κ1) is 24.1. The molecule has 5 aromatic carbocycles. The number of nitrogens with zero attached hydrogens (tertiary/aromatic N) is 4. The standard InChI is InChI=1S/C35H20N4O2/c1-37-29-18-6-5-12-23(29)25-14-8-16-27-26-15-7-13-24(22-11-4-3-10-21(22)20-36)32(26)39(33(25)27)30-19-9-17-28-31(30)35(41)38(2)34(28)40/h3-19H,2H3. The van der Waals surface area contributed by atoms with Gasteiger partial charge in [0.05, 0.1) is 46.1 Å². The number of aromatic nitrogens is 1. The lowest BCUT2D eigenvalue weighted by Gasteiger charge is -2.16. The molecule has 192 valence electrons. The molecule has 0 saturated heterocycles. The minimum absolute atomic E-state index is 0.329. The molecule has 6 aromatic rings. The van der Waals surface area contributed by atoms with Crippen LogP contribution in [0.2, 0.25) is 0 Å². The molecule has 1 aliphatic rings. The van der Waals surface area contributed by atoms with Crippen LogP contribution in [0.15, 0.2) is 103 Å². The summed E-state index contributed by atoms with van der Waals surface area (Å²) >= 11 is 0. The topological polar surface area (TPSA) is 70.5 Å². The largest absolute Gasteiger partial charge is 0.307 e. The van der Waals surface area contributed by atoms with Crippen LogP contribution >= 0.6 is 0 Å². The van der Waals surface area contributed by atoms with Crippen molar-refractivity contribution >= 4 is 39.3 Å². The van der Waals surface area contributed by atoms with E-state index in [-0.39, 0.29) is 11.8 Å². The third kappa shape index (κ3) is 3.35. The molecule has 7 rings (SSSR count). The first-order valence-electron chi connectivity index (χ1n) is 13.0. The van der Waals surface area contributed by atoms with Crippen LogP contribution in [-0.2, 0) is 0 Å². The van der Waals surface area contributed by atoms with Gasteiger partial charge in [-0.1, -0.05) is 84.9 Å². The van der Waals surface area contributed by atoms with Crippen molar-refractivity contribution in [3.63, 3.8) is 0 Å². The average molecular weight is 529 g/mol. The molecule has 2 amide bonds. The Hall–Kier alpha value is -5.98. The summed E-state index contributed by atoms with van der Waals surface area (Å²) in [4.78, 5) is 31.5. The fourth-order valence-electron chi connectivity index (χ4n) is 5.98. The lowest BCUT2D eigenvalue weighted by molar-refractivity contribution is 0.0693. The summed E-state index contributed by atoms with van der Waals surface area (Å²) in [6.07, 6.45) is 0. The normalized spacial score (nSPS) is 12.5. The molecule has 0 saturated carbocycles. The zero-order chi connectivity index (χ0) is 28.2. The molecule has 0 atom stereocenters. The van der Waals surface area contributed by atoms with Crippen molar-refractivity contribution in [3.8, 4) is 34.0 Å². The van der Waals surface area contributed by atoms with Gasteiger partial charge in [-0.15, -0.1) is 0 Å². The SMILES string of the molecule is [C-]#[N+]c1ccccc1-c1cccc2c3cccc(-c4ccccc4C#N)c3n(-c3cccc4c3C(=O)N(C)C4=O)c12. The zero-order valence-electron chi connectivity index (χ0n) is 21.9. The summed E-state index contributed by atoms with van der Waals surface area (Å²) in [5, 5.41) is 11.8. The molecular weight excluding hydrogens is 508 g/mol. The van der Waals surface area contributed by atoms with Gasteiger partial charge in [-0.25, -0.2) is 4.85 Å². The van der Waals surface area contributed by atoms with Crippen molar-refractivity contribution in [2.24, 2.45) is 0 Å². The smallest absolute Gasteiger partial charge is 0.263 e. The maximum absolute atomic E-state index is 13.5. The average Bonchev–Trinajstić information content (AvgIpc) is 3.48. The molecule has 41 heavy (non-hydrogen) atoms. The van der Waals surface area contributed by atoms with Crippen molar-refractivity contribution < 1.29 is 9.59 Å². The first-order chi connectivity index (χ1) is 20.0. The number of nitriles is 1. The lowest BCUT2D eigenvalue weighted by atomic mass is 9.97. The van der Waals surface area contributed by atoms with Crippen LogP contribution in [0, 0.1) is 17.9 Å². The highest BCUT2D eigenvalue weighted by Crippen LogP contribution is 2.45. The van der Waals surface area contributed by atoms with Crippen LogP contribution in [-0.4, -0.2) is 28.3 Å². The van der Waals surface area contributed by atoms with E-state index in [4.69, 9.17) is 6.57 Å². The fourth-order valence-corrected chi connectivity index (χ4v) is 5.98. The number of imide groups is 1. The molecule has 6 heteroatoms. The summed E-state index contributed by atoms with van der Waals surface area (Å²) in [6.45, 7) is 7.83. The molecule has 2 heterocycles. The van der Waals surface area contributed by atoms with E-state index in [9.17, 15) is 14.9 Å². The first-order valence-corrected chi connectivity index (χ1v) is 13.0. The van der Waals surface area contributed by atoms with Gasteiger partial charge < -0.3 is 4.57 Å². The van der Waals surface area contributed by atoms with E-state index in [0.29, 0.717) is 28.1 Å². The number of carbonyl (C=O) groups excluding carboxylic acids is 2. The van der Waals surface area contributed by atoms with Crippen molar-refractivity contribution in [3.05, 3.63) is 131 Å². The van der Waals surface area contributed by atoms with Crippen molar-refractivity contribution in [1.82, 2.24) is 9.47 Å². The van der Waals surface area contributed by atoms with Gasteiger partial charge in [-0.2, -0.15) is 5.26 Å². The quantitative estimate of drug-likeness (QED) is 0.174. The van der Waals surface area contributed by atoms with Crippen LogP contribution in [0.1, 0.15) is 26.3 Å². The summed E-state index contributed by atoms with van der Waals surface area (Å²) in [6, 6.07) is 34.5. The molecule has 0 unspecified atom stereocenters. The zero-order valence-corrected chi connectivity index (χ0v) is 21.9.